The molecule has 1 rings (SSSR count). The number of carbonyl (C=O) groups is 1. The van der Waals surface area contributed by atoms with Gasteiger partial charge >= 0.3 is 0 Å². The largest absolute Gasteiger partial charge is 0.357 e. The number of nitrogens with one attached hydrogen (secondary N) is 3. The molecule has 7 heteroatoms. The summed E-state index contributed by atoms with van der Waals surface area (Å²) in [5.41, 5.74) is -0.216. The van der Waals surface area contributed by atoms with Gasteiger partial charge in [-0.2, -0.15) is 11.8 Å². The highest BCUT2D eigenvalue weighted by atomic mass is 127. The van der Waals surface area contributed by atoms with Gasteiger partial charge in [0.05, 0.1) is 0 Å². The van der Waals surface area contributed by atoms with E-state index in [4.69, 9.17) is 0 Å². The zero-order chi connectivity index (χ0) is 15.9. The fourth-order valence-corrected chi connectivity index (χ4v) is 3.44. The SMILES string of the molecule is CCNC(=NCC(=O)NC(C)(C)C)NCC1(C)CCCS1.I. The molecule has 1 heterocycles. The minimum atomic E-state index is -0.216. The number of hydrogen-bond acceptors (Lipinski definition) is 3. The minimum Gasteiger partial charge on any atom is -0.357 e. The molecular formula is C15H31IN4OS. The van der Waals surface area contributed by atoms with Crippen LogP contribution in [-0.4, -0.2) is 47.5 Å². The predicted molar refractivity (Wildman–Crippen MR) is 107 cm³/mol. The Morgan fingerprint density at radius 3 is 2.50 bits per heavy atom. The van der Waals surface area contributed by atoms with Crippen molar-refractivity contribution in [2.24, 2.45) is 4.99 Å². The molecule has 0 radical (unpaired) electrons. The van der Waals surface area contributed by atoms with Gasteiger partial charge in [0.25, 0.3) is 0 Å². The van der Waals surface area contributed by atoms with Crippen molar-refractivity contribution in [1.82, 2.24) is 16.0 Å². The van der Waals surface area contributed by atoms with Crippen LogP contribution >= 0.6 is 35.7 Å². The van der Waals surface area contributed by atoms with E-state index in [1.807, 2.05) is 39.5 Å². The highest BCUT2D eigenvalue weighted by Crippen LogP contribution is 2.36. The monoisotopic (exact) mass is 442 g/mol. The summed E-state index contributed by atoms with van der Waals surface area (Å²) in [7, 11) is 0. The molecule has 1 unspecified atom stereocenters. The summed E-state index contributed by atoms with van der Waals surface area (Å²) in [5, 5.41) is 9.47. The molecule has 0 aliphatic carbocycles. The molecule has 130 valence electrons. The molecule has 1 atom stereocenters. The third-order valence-corrected chi connectivity index (χ3v) is 4.71. The van der Waals surface area contributed by atoms with Gasteiger partial charge in [-0.1, -0.05) is 0 Å². The zero-order valence-corrected chi connectivity index (χ0v) is 17.6. The number of amides is 1. The molecular weight excluding hydrogens is 411 g/mol. The Morgan fingerprint density at radius 2 is 2.00 bits per heavy atom. The van der Waals surface area contributed by atoms with E-state index in [1.165, 1.54) is 18.6 Å². The predicted octanol–water partition coefficient (Wildman–Crippen LogP) is 2.36. The van der Waals surface area contributed by atoms with E-state index in [-0.39, 0.29) is 46.7 Å². The molecule has 0 aromatic heterocycles. The van der Waals surface area contributed by atoms with Crippen LogP contribution in [0.4, 0.5) is 0 Å². The highest BCUT2D eigenvalue weighted by molar-refractivity contribution is 14.0. The Hall–Kier alpha value is -0.180. The van der Waals surface area contributed by atoms with Crippen molar-refractivity contribution in [2.45, 2.75) is 57.7 Å². The summed E-state index contributed by atoms with van der Waals surface area (Å²) < 4.78 is 0.282. The number of nitrogens with zero attached hydrogens (tertiary/aromatic N) is 1. The first-order chi connectivity index (χ1) is 9.74. The van der Waals surface area contributed by atoms with Crippen LogP contribution in [0.25, 0.3) is 0 Å². The molecule has 22 heavy (non-hydrogen) atoms. The fourth-order valence-electron chi connectivity index (χ4n) is 2.20. The average Bonchev–Trinajstić information content (AvgIpc) is 2.78. The third-order valence-electron chi connectivity index (χ3n) is 3.17. The van der Waals surface area contributed by atoms with Crippen LogP contribution in [0.1, 0.15) is 47.5 Å². The maximum Gasteiger partial charge on any atom is 0.242 e. The molecule has 1 fully saturated rings. The quantitative estimate of drug-likeness (QED) is 0.348. The van der Waals surface area contributed by atoms with Crippen LogP contribution < -0.4 is 16.0 Å². The van der Waals surface area contributed by atoms with Gasteiger partial charge in [-0.3, -0.25) is 4.79 Å². The molecule has 0 aromatic rings. The highest BCUT2D eigenvalue weighted by Gasteiger charge is 2.29. The fraction of sp³-hybridized carbons (Fsp3) is 0.867. The summed E-state index contributed by atoms with van der Waals surface area (Å²) >= 11 is 2.01. The van der Waals surface area contributed by atoms with Crippen LogP contribution in [0.15, 0.2) is 4.99 Å². The molecule has 1 saturated heterocycles. The molecule has 5 nitrogen and oxygen atoms in total. The lowest BCUT2D eigenvalue weighted by atomic mass is 10.1. The Bertz CT molecular complexity index is 376. The topological polar surface area (TPSA) is 65.5 Å². The van der Waals surface area contributed by atoms with E-state index in [2.05, 4.69) is 27.9 Å². The van der Waals surface area contributed by atoms with Gasteiger partial charge < -0.3 is 16.0 Å². The van der Waals surface area contributed by atoms with Gasteiger partial charge in [-0.05, 0) is 53.2 Å². The standard InChI is InChI=1S/C15H30N4OS.HI/c1-6-16-13(17-10-12(20)19-14(2,3)4)18-11-15(5)8-7-9-21-15;/h6-11H2,1-5H3,(H,19,20)(H2,16,17,18);1H. The molecule has 0 aromatic carbocycles. The summed E-state index contributed by atoms with van der Waals surface area (Å²) in [5.74, 6) is 1.90. The summed E-state index contributed by atoms with van der Waals surface area (Å²) in [6, 6.07) is 0. The Labute approximate surface area is 156 Å². The smallest absolute Gasteiger partial charge is 0.242 e. The summed E-state index contributed by atoms with van der Waals surface area (Å²) in [4.78, 5) is 16.2. The van der Waals surface area contributed by atoms with Crippen molar-refractivity contribution in [3.8, 4) is 0 Å². The number of halogens is 1. The van der Waals surface area contributed by atoms with E-state index in [0.717, 1.165) is 19.0 Å². The van der Waals surface area contributed by atoms with Gasteiger partial charge in [0.2, 0.25) is 5.91 Å². The van der Waals surface area contributed by atoms with Crippen LogP contribution in [0.3, 0.4) is 0 Å². The van der Waals surface area contributed by atoms with Gasteiger partial charge in [0, 0.05) is 23.4 Å². The molecule has 1 aliphatic heterocycles. The molecule has 0 spiro atoms. The van der Waals surface area contributed by atoms with Gasteiger partial charge in [0.1, 0.15) is 6.54 Å². The number of carbonyl (C=O) groups excluding carboxylic acids is 1. The van der Waals surface area contributed by atoms with Crippen LogP contribution in [0.5, 0.6) is 0 Å². The lowest BCUT2D eigenvalue weighted by molar-refractivity contribution is -0.121. The molecule has 0 saturated carbocycles. The number of guanidine groups is 1. The lowest BCUT2D eigenvalue weighted by Crippen LogP contribution is -2.45. The maximum absolute atomic E-state index is 11.8. The molecule has 0 bridgehead atoms. The van der Waals surface area contributed by atoms with Crippen LogP contribution in [0.2, 0.25) is 0 Å². The first-order valence-electron chi connectivity index (χ1n) is 7.71. The normalized spacial score (nSPS) is 22.0. The average molecular weight is 442 g/mol. The van der Waals surface area contributed by atoms with E-state index in [0.29, 0.717) is 0 Å². The van der Waals surface area contributed by atoms with Crippen molar-refractivity contribution >= 4 is 47.6 Å². The maximum atomic E-state index is 11.8. The number of hydrogen-bond donors (Lipinski definition) is 3. The zero-order valence-electron chi connectivity index (χ0n) is 14.4. The Balaban J connectivity index is 0.00000441. The molecule has 3 N–H and O–H groups in total. The lowest BCUT2D eigenvalue weighted by Gasteiger charge is -2.24. The Morgan fingerprint density at radius 1 is 1.32 bits per heavy atom. The van der Waals surface area contributed by atoms with Crippen molar-refractivity contribution < 1.29 is 4.79 Å². The minimum absolute atomic E-state index is 0. The first-order valence-corrected chi connectivity index (χ1v) is 8.70. The van der Waals surface area contributed by atoms with Crippen molar-refractivity contribution in [3.05, 3.63) is 0 Å². The number of aliphatic imine (C=N–C) groups is 1. The van der Waals surface area contributed by atoms with Crippen molar-refractivity contribution in [2.75, 3.05) is 25.4 Å². The van der Waals surface area contributed by atoms with E-state index in [9.17, 15) is 4.79 Å². The summed E-state index contributed by atoms with van der Waals surface area (Å²) in [6.45, 7) is 12.0. The van der Waals surface area contributed by atoms with Crippen molar-refractivity contribution in [3.63, 3.8) is 0 Å². The Kier molecular flexibility index (Phi) is 9.77. The van der Waals surface area contributed by atoms with Crippen LogP contribution in [0, 0.1) is 0 Å². The van der Waals surface area contributed by atoms with E-state index < -0.39 is 0 Å². The number of thioether (sulfide) groups is 1. The van der Waals surface area contributed by atoms with E-state index >= 15 is 0 Å². The molecule has 1 amide bonds. The second kappa shape index (κ2) is 9.85. The number of rotatable bonds is 5. The van der Waals surface area contributed by atoms with Gasteiger partial charge in [0.15, 0.2) is 5.96 Å². The van der Waals surface area contributed by atoms with Crippen molar-refractivity contribution in [1.29, 1.82) is 0 Å². The van der Waals surface area contributed by atoms with Gasteiger partial charge in [-0.25, -0.2) is 4.99 Å². The summed E-state index contributed by atoms with van der Waals surface area (Å²) in [6.07, 6.45) is 2.51. The second-order valence-corrected chi connectivity index (χ2v) is 8.43. The second-order valence-electron chi connectivity index (χ2n) is 6.75. The van der Waals surface area contributed by atoms with Gasteiger partial charge in [-0.15, -0.1) is 24.0 Å². The molecule has 1 aliphatic rings. The van der Waals surface area contributed by atoms with E-state index in [1.54, 1.807) is 0 Å². The first kappa shape index (κ1) is 21.8. The van der Waals surface area contributed by atoms with Crippen LogP contribution in [-0.2, 0) is 4.79 Å². The third kappa shape index (κ3) is 9.07.